The van der Waals surface area contributed by atoms with Crippen LogP contribution in [0.5, 0.6) is 11.8 Å². The van der Waals surface area contributed by atoms with Gasteiger partial charge in [0.05, 0.1) is 12.1 Å². The lowest BCUT2D eigenvalue weighted by Crippen LogP contribution is -2.31. The monoisotopic (exact) mass is 332 g/mol. The predicted octanol–water partition coefficient (Wildman–Crippen LogP) is 1.94. The van der Waals surface area contributed by atoms with Gasteiger partial charge in [0.25, 0.3) is 5.88 Å². The Labute approximate surface area is 135 Å². The quantitative estimate of drug-likeness (QED) is 0.753. The Balaban J connectivity index is 1.79. The van der Waals surface area contributed by atoms with Crippen molar-refractivity contribution in [2.75, 3.05) is 5.73 Å². The first-order chi connectivity index (χ1) is 11.1. The van der Waals surface area contributed by atoms with Crippen molar-refractivity contribution in [1.82, 2.24) is 24.7 Å². The van der Waals surface area contributed by atoms with E-state index in [0.29, 0.717) is 34.8 Å². The van der Waals surface area contributed by atoms with Gasteiger partial charge >= 0.3 is 0 Å². The van der Waals surface area contributed by atoms with Crippen molar-refractivity contribution >= 4 is 28.5 Å². The number of nitrogens with two attached hydrogens (primary N) is 1. The Hall–Kier alpha value is -2.45. The summed E-state index contributed by atoms with van der Waals surface area (Å²) in [6, 6.07) is 3.30. The first-order valence-corrected chi connectivity index (χ1v) is 7.46. The molecule has 23 heavy (non-hydrogen) atoms. The van der Waals surface area contributed by atoms with Gasteiger partial charge in [0.2, 0.25) is 5.88 Å². The summed E-state index contributed by atoms with van der Waals surface area (Å²) in [6.45, 7) is 0. The van der Waals surface area contributed by atoms with E-state index < -0.39 is 0 Å². The fraction of sp³-hybridized carbons (Fsp3) is 0.286. The Morgan fingerprint density at radius 1 is 1.30 bits per heavy atom. The summed E-state index contributed by atoms with van der Waals surface area (Å²) in [4.78, 5) is 12.3. The molecule has 3 aromatic rings. The summed E-state index contributed by atoms with van der Waals surface area (Å²) in [6.07, 6.45) is 3.86. The molecule has 4 rings (SSSR count). The molecule has 9 heteroatoms. The Kier molecular flexibility index (Phi) is 3.28. The van der Waals surface area contributed by atoms with Crippen molar-refractivity contribution in [1.29, 1.82) is 0 Å². The van der Waals surface area contributed by atoms with Gasteiger partial charge in [-0.25, -0.2) is 19.6 Å². The second-order valence-electron chi connectivity index (χ2n) is 5.40. The molecule has 0 atom stereocenters. The van der Waals surface area contributed by atoms with Crippen LogP contribution in [0.2, 0.25) is 5.02 Å². The number of nitrogens with zero attached hydrogens (tertiary/aromatic N) is 5. The van der Waals surface area contributed by atoms with Crippen LogP contribution in [0.25, 0.3) is 11.0 Å². The fourth-order valence-electron chi connectivity index (χ4n) is 2.59. The van der Waals surface area contributed by atoms with Crippen molar-refractivity contribution in [2.45, 2.75) is 25.0 Å². The number of ether oxygens (including phenoxy) is 1. The minimum absolute atomic E-state index is 0.0615. The fourth-order valence-corrected chi connectivity index (χ4v) is 2.74. The summed E-state index contributed by atoms with van der Waals surface area (Å²) < 4.78 is 7.45. The number of halogens is 1. The van der Waals surface area contributed by atoms with Crippen molar-refractivity contribution in [2.24, 2.45) is 0 Å². The van der Waals surface area contributed by atoms with Gasteiger partial charge in [-0.3, -0.25) is 0 Å². The van der Waals surface area contributed by atoms with E-state index in [2.05, 4.69) is 20.1 Å². The molecule has 0 bridgehead atoms. The molecule has 0 amide bonds. The molecular formula is C14H13ClN6O2. The summed E-state index contributed by atoms with van der Waals surface area (Å²) in [5.41, 5.74) is 6.54. The predicted molar refractivity (Wildman–Crippen MR) is 83.3 cm³/mol. The molecule has 0 unspecified atom stereocenters. The maximum Gasteiger partial charge on any atom is 0.253 e. The van der Waals surface area contributed by atoms with E-state index in [0.717, 1.165) is 0 Å². The van der Waals surface area contributed by atoms with Gasteiger partial charge in [-0.05, 0) is 18.9 Å². The van der Waals surface area contributed by atoms with Crippen LogP contribution in [-0.4, -0.2) is 35.9 Å². The van der Waals surface area contributed by atoms with Crippen molar-refractivity contribution in [3.63, 3.8) is 0 Å². The third kappa shape index (κ3) is 2.45. The van der Waals surface area contributed by atoms with Gasteiger partial charge < -0.3 is 15.6 Å². The number of pyridine rings is 1. The molecule has 1 aliphatic carbocycles. The van der Waals surface area contributed by atoms with Crippen LogP contribution in [0.4, 0.5) is 5.82 Å². The van der Waals surface area contributed by atoms with E-state index in [1.807, 2.05) is 0 Å². The van der Waals surface area contributed by atoms with Crippen LogP contribution in [0, 0.1) is 0 Å². The van der Waals surface area contributed by atoms with Crippen LogP contribution in [0.15, 0.2) is 24.7 Å². The molecule has 0 radical (unpaired) electrons. The SMILES string of the molecule is Nc1ncnc2c1c(Oc1cc(Cl)ccn1)nn2[C@H]1C[C@@H](O)C1. The molecule has 8 nitrogen and oxygen atoms in total. The molecule has 1 aliphatic rings. The number of hydrogen-bond donors (Lipinski definition) is 2. The molecule has 0 aromatic carbocycles. The molecule has 3 aromatic heterocycles. The van der Waals surface area contributed by atoms with Crippen LogP contribution in [0.1, 0.15) is 18.9 Å². The van der Waals surface area contributed by atoms with Gasteiger partial charge in [-0.2, -0.15) is 0 Å². The summed E-state index contributed by atoms with van der Waals surface area (Å²) >= 11 is 5.94. The zero-order valence-electron chi connectivity index (χ0n) is 11.9. The van der Waals surface area contributed by atoms with Crippen molar-refractivity contribution in [3.05, 3.63) is 29.7 Å². The summed E-state index contributed by atoms with van der Waals surface area (Å²) in [5, 5.41) is 15.0. The van der Waals surface area contributed by atoms with E-state index >= 15 is 0 Å². The van der Waals surface area contributed by atoms with E-state index in [9.17, 15) is 5.11 Å². The van der Waals surface area contributed by atoms with Crippen LogP contribution in [-0.2, 0) is 0 Å². The normalized spacial score (nSPS) is 20.4. The molecule has 0 spiro atoms. The first-order valence-electron chi connectivity index (χ1n) is 7.08. The van der Waals surface area contributed by atoms with E-state index in [1.165, 1.54) is 6.33 Å². The highest BCUT2D eigenvalue weighted by Crippen LogP contribution is 2.38. The Morgan fingerprint density at radius 2 is 2.13 bits per heavy atom. The topological polar surface area (TPSA) is 112 Å². The molecule has 1 fully saturated rings. The zero-order valence-corrected chi connectivity index (χ0v) is 12.7. The number of aromatic nitrogens is 5. The average Bonchev–Trinajstić information content (AvgIpc) is 2.84. The lowest BCUT2D eigenvalue weighted by atomic mass is 9.90. The van der Waals surface area contributed by atoms with Gasteiger partial charge in [0.1, 0.15) is 17.5 Å². The Bertz CT molecular complexity index is 877. The second-order valence-corrected chi connectivity index (χ2v) is 5.84. The van der Waals surface area contributed by atoms with Gasteiger partial charge in [-0.15, -0.1) is 5.10 Å². The maximum absolute atomic E-state index is 9.52. The third-order valence-corrected chi connectivity index (χ3v) is 4.05. The highest BCUT2D eigenvalue weighted by Gasteiger charge is 2.32. The van der Waals surface area contributed by atoms with E-state index in [-0.39, 0.29) is 23.8 Å². The number of aliphatic hydroxyl groups is 1. The van der Waals surface area contributed by atoms with E-state index in [4.69, 9.17) is 22.1 Å². The molecule has 3 heterocycles. The number of nitrogen functional groups attached to an aromatic ring is 1. The average molecular weight is 333 g/mol. The van der Waals surface area contributed by atoms with Crippen LogP contribution < -0.4 is 10.5 Å². The molecule has 118 valence electrons. The number of aliphatic hydroxyl groups excluding tert-OH is 1. The molecule has 1 saturated carbocycles. The molecule has 0 saturated heterocycles. The van der Waals surface area contributed by atoms with Crippen LogP contribution >= 0.6 is 11.6 Å². The maximum atomic E-state index is 9.52. The molecular weight excluding hydrogens is 320 g/mol. The lowest BCUT2D eigenvalue weighted by molar-refractivity contribution is 0.0446. The standard InChI is InChI=1S/C14H13ClN6O2/c15-7-1-2-17-10(3-7)23-14-11-12(16)18-6-19-13(11)21(20-14)8-4-9(22)5-8/h1-3,6,8-9,22H,4-5H2,(H2,16,18,19)/t8-,9+. The lowest BCUT2D eigenvalue weighted by Gasteiger charge is -2.31. The smallest absolute Gasteiger partial charge is 0.253 e. The second kappa shape index (κ2) is 5.32. The van der Waals surface area contributed by atoms with Gasteiger partial charge in [0.15, 0.2) is 5.65 Å². The van der Waals surface area contributed by atoms with Gasteiger partial charge in [-0.1, -0.05) is 11.6 Å². The van der Waals surface area contributed by atoms with Crippen molar-refractivity contribution in [3.8, 4) is 11.8 Å². The third-order valence-electron chi connectivity index (χ3n) is 3.82. The largest absolute Gasteiger partial charge is 0.418 e. The zero-order chi connectivity index (χ0) is 16.0. The number of rotatable bonds is 3. The minimum atomic E-state index is -0.308. The highest BCUT2D eigenvalue weighted by atomic mass is 35.5. The number of fused-ring (bicyclic) bond motifs is 1. The number of anilines is 1. The summed E-state index contributed by atoms with van der Waals surface area (Å²) in [7, 11) is 0. The van der Waals surface area contributed by atoms with E-state index in [1.54, 1.807) is 23.0 Å². The highest BCUT2D eigenvalue weighted by molar-refractivity contribution is 6.30. The first kappa shape index (κ1) is 14.2. The Morgan fingerprint density at radius 3 is 2.87 bits per heavy atom. The molecule has 3 N–H and O–H groups in total. The van der Waals surface area contributed by atoms with Crippen molar-refractivity contribution < 1.29 is 9.84 Å². The van der Waals surface area contributed by atoms with Gasteiger partial charge in [0, 0.05) is 17.3 Å². The van der Waals surface area contributed by atoms with Crippen LogP contribution in [0.3, 0.4) is 0 Å². The number of hydrogen-bond acceptors (Lipinski definition) is 7. The minimum Gasteiger partial charge on any atom is -0.418 e. The summed E-state index contributed by atoms with van der Waals surface area (Å²) in [5.74, 6) is 0.855. The molecule has 0 aliphatic heterocycles.